The molecule has 24 heavy (non-hydrogen) atoms. The van der Waals surface area contributed by atoms with Gasteiger partial charge in [-0.05, 0) is 35.8 Å². The summed E-state index contributed by atoms with van der Waals surface area (Å²) < 4.78 is 1.95. The Morgan fingerprint density at radius 2 is 2.04 bits per heavy atom. The summed E-state index contributed by atoms with van der Waals surface area (Å²) in [6.45, 7) is 2.62. The van der Waals surface area contributed by atoms with Crippen molar-refractivity contribution in [3.8, 4) is 0 Å². The van der Waals surface area contributed by atoms with Crippen LogP contribution in [0.2, 0.25) is 0 Å². The third-order valence-electron chi connectivity index (χ3n) is 4.31. The van der Waals surface area contributed by atoms with Gasteiger partial charge in [0, 0.05) is 6.54 Å². The second kappa shape index (κ2) is 8.28. The van der Waals surface area contributed by atoms with Crippen molar-refractivity contribution in [3.63, 3.8) is 0 Å². The molecule has 0 radical (unpaired) electrons. The number of nitrogens with one attached hydrogen (secondary N) is 1. The van der Waals surface area contributed by atoms with Crippen molar-refractivity contribution in [2.75, 3.05) is 5.75 Å². The van der Waals surface area contributed by atoms with Gasteiger partial charge >= 0.3 is 0 Å². The van der Waals surface area contributed by atoms with Crippen molar-refractivity contribution in [1.82, 2.24) is 25.5 Å². The van der Waals surface area contributed by atoms with Crippen LogP contribution in [0.4, 0.5) is 0 Å². The van der Waals surface area contributed by atoms with Crippen LogP contribution in [-0.4, -0.2) is 31.9 Å². The van der Waals surface area contributed by atoms with E-state index in [-0.39, 0.29) is 5.91 Å². The SMILES string of the molecule is Cc1ccc(CNC(=O)CSCc2nnnn2C2CCCC2)cc1. The Balaban J connectivity index is 1.40. The van der Waals surface area contributed by atoms with E-state index in [9.17, 15) is 4.79 Å². The smallest absolute Gasteiger partial charge is 0.230 e. The van der Waals surface area contributed by atoms with Crippen molar-refractivity contribution >= 4 is 17.7 Å². The fraction of sp³-hybridized carbons (Fsp3) is 0.529. The molecule has 1 aliphatic rings. The lowest BCUT2D eigenvalue weighted by Gasteiger charge is -2.11. The molecule has 7 heteroatoms. The van der Waals surface area contributed by atoms with Crippen molar-refractivity contribution in [3.05, 3.63) is 41.2 Å². The van der Waals surface area contributed by atoms with E-state index in [0.717, 1.165) is 24.2 Å². The summed E-state index contributed by atoms with van der Waals surface area (Å²) in [5, 5.41) is 15.0. The van der Waals surface area contributed by atoms with Gasteiger partial charge in [-0.25, -0.2) is 4.68 Å². The number of aromatic nitrogens is 4. The summed E-state index contributed by atoms with van der Waals surface area (Å²) in [6, 6.07) is 8.63. The Bertz CT molecular complexity index is 664. The zero-order valence-electron chi connectivity index (χ0n) is 13.9. The van der Waals surface area contributed by atoms with Gasteiger partial charge in [0.1, 0.15) is 0 Å². The molecule has 6 nitrogen and oxygen atoms in total. The topological polar surface area (TPSA) is 72.7 Å². The molecule has 2 aromatic rings. The van der Waals surface area contributed by atoms with E-state index < -0.39 is 0 Å². The minimum absolute atomic E-state index is 0.0421. The summed E-state index contributed by atoms with van der Waals surface area (Å²) in [5.74, 6) is 2.00. The average molecular weight is 345 g/mol. The van der Waals surface area contributed by atoms with Gasteiger partial charge in [0.25, 0.3) is 0 Å². The Hall–Kier alpha value is -1.89. The summed E-state index contributed by atoms with van der Waals surface area (Å²) >= 11 is 1.55. The van der Waals surface area contributed by atoms with Crippen molar-refractivity contribution in [2.24, 2.45) is 0 Å². The maximum atomic E-state index is 12.0. The summed E-state index contributed by atoms with van der Waals surface area (Å²) in [6.07, 6.45) is 4.80. The number of hydrogen-bond donors (Lipinski definition) is 1. The van der Waals surface area contributed by atoms with Crippen LogP contribution in [0.1, 0.15) is 48.7 Å². The second-order valence-corrected chi connectivity index (χ2v) is 7.22. The van der Waals surface area contributed by atoms with Gasteiger partial charge in [-0.3, -0.25) is 4.79 Å². The van der Waals surface area contributed by atoms with Gasteiger partial charge < -0.3 is 5.32 Å². The molecule has 1 aromatic heterocycles. The van der Waals surface area contributed by atoms with Gasteiger partial charge in [-0.1, -0.05) is 42.7 Å². The Kier molecular flexibility index (Phi) is 5.85. The van der Waals surface area contributed by atoms with Crippen molar-refractivity contribution in [2.45, 2.75) is 50.9 Å². The first-order valence-corrected chi connectivity index (χ1v) is 9.54. The minimum atomic E-state index is 0.0421. The molecular weight excluding hydrogens is 322 g/mol. The van der Waals surface area contributed by atoms with E-state index in [2.05, 4.69) is 39.9 Å². The van der Waals surface area contributed by atoms with E-state index in [1.165, 1.54) is 18.4 Å². The van der Waals surface area contributed by atoms with E-state index in [1.807, 2.05) is 16.8 Å². The predicted octanol–water partition coefficient (Wildman–Crippen LogP) is 2.65. The molecule has 1 heterocycles. The van der Waals surface area contributed by atoms with Gasteiger partial charge in [0.15, 0.2) is 5.82 Å². The van der Waals surface area contributed by atoms with Gasteiger partial charge in [-0.15, -0.1) is 16.9 Å². The van der Waals surface area contributed by atoms with E-state index in [1.54, 1.807) is 11.8 Å². The number of rotatable bonds is 7. The average Bonchev–Trinajstić information content (AvgIpc) is 3.25. The maximum Gasteiger partial charge on any atom is 0.230 e. The zero-order valence-corrected chi connectivity index (χ0v) is 14.8. The van der Waals surface area contributed by atoms with Crippen molar-refractivity contribution < 1.29 is 4.79 Å². The largest absolute Gasteiger partial charge is 0.351 e. The van der Waals surface area contributed by atoms with E-state index in [4.69, 9.17) is 0 Å². The fourth-order valence-electron chi connectivity index (χ4n) is 2.93. The third kappa shape index (κ3) is 4.56. The molecule has 0 saturated heterocycles. The van der Waals surface area contributed by atoms with Crippen LogP contribution < -0.4 is 5.32 Å². The van der Waals surface area contributed by atoms with Crippen LogP contribution in [-0.2, 0) is 17.1 Å². The number of amides is 1. The molecule has 3 rings (SSSR count). The predicted molar refractivity (Wildman–Crippen MR) is 94.5 cm³/mol. The fourth-order valence-corrected chi connectivity index (χ4v) is 3.69. The molecule has 1 N–H and O–H groups in total. The van der Waals surface area contributed by atoms with Crippen LogP contribution in [0, 0.1) is 6.92 Å². The number of carbonyl (C=O) groups is 1. The normalized spacial score (nSPS) is 14.9. The Labute approximate surface area is 146 Å². The number of tetrazole rings is 1. The van der Waals surface area contributed by atoms with E-state index in [0.29, 0.717) is 24.1 Å². The van der Waals surface area contributed by atoms with Crippen LogP contribution in [0.15, 0.2) is 24.3 Å². The molecule has 0 bridgehead atoms. The number of thioether (sulfide) groups is 1. The highest BCUT2D eigenvalue weighted by Gasteiger charge is 2.21. The maximum absolute atomic E-state index is 12.0. The lowest BCUT2D eigenvalue weighted by atomic mass is 10.1. The summed E-state index contributed by atoms with van der Waals surface area (Å²) in [7, 11) is 0. The zero-order chi connectivity index (χ0) is 16.8. The molecule has 1 amide bonds. The minimum Gasteiger partial charge on any atom is -0.351 e. The van der Waals surface area contributed by atoms with Crippen molar-refractivity contribution in [1.29, 1.82) is 0 Å². The van der Waals surface area contributed by atoms with Gasteiger partial charge in [-0.2, -0.15) is 0 Å². The van der Waals surface area contributed by atoms with Crippen LogP contribution in [0.25, 0.3) is 0 Å². The lowest BCUT2D eigenvalue weighted by Crippen LogP contribution is -2.24. The number of benzene rings is 1. The number of aryl methyl sites for hydroxylation is 1. The molecule has 0 unspecified atom stereocenters. The molecule has 0 spiro atoms. The van der Waals surface area contributed by atoms with Gasteiger partial charge in [0.2, 0.25) is 5.91 Å². The standard InChI is InChI=1S/C17H23N5OS/c1-13-6-8-14(9-7-13)10-18-17(23)12-24-11-16-19-20-21-22(16)15-4-2-3-5-15/h6-9,15H,2-5,10-12H2,1H3,(H,18,23). The summed E-state index contributed by atoms with van der Waals surface area (Å²) in [5.41, 5.74) is 2.34. The van der Waals surface area contributed by atoms with Crippen LogP contribution in [0.3, 0.4) is 0 Å². The molecule has 1 aromatic carbocycles. The first-order chi connectivity index (χ1) is 11.7. The van der Waals surface area contributed by atoms with Gasteiger partial charge in [0.05, 0.1) is 17.5 Å². The number of hydrogen-bond acceptors (Lipinski definition) is 5. The van der Waals surface area contributed by atoms with Crippen LogP contribution in [0.5, 0.6) is 0 Å². The molecule has 1 saturated carbocycles. The molecule has 1 fully saturated rings. The quantitative estimate of drug-likeness (QED) is 0.835. The molecule has 0 atom stereocenters. The third-order valence-corrected chi connectivity index (χ3v) is 5.23. The first-order valence-electron chi connectivity index (χ1n) is 8.39. The number of carbonyl (C=O) groups excluding carboxylic acids is 1. The highest BCUT2D eigenvalue weighted by Crippen LogP contribution is 2.29. The Morgan fingerprint density at radius 1 is 1.29 bits per heavy atom. The molecular formula is C17H23N5OS. The van der Waals surface area contributed by atoms with E-state index >= 15 is 0 Å². The van der Waals surface area contributed by atoms with Crippen LogP contribution >= 0.6 is 11.8 Å². The molecule has 0 aliphatic heterocycles. The molecule has 1 aliphatic carbocycles. The number of nitrogens with zero attached hydrogens (tertiary/aromatic N) is 4. The highest BCUT2D eigenvalue weighted by molar-refractivity contribution is 7.99. The summed E-state index contributed by atoms with van der Waals surface area (Å²) in [4.78, 5) is 12.0. The highest BCUT2D eigenvalue weighted by atomic mass is 32.2. The second-order valence-electron chi connectivity index (χ2n) is 6.23. The molecule has 128 valence electrons. The Morgan fingerprint density at radius 3 is 2.79 bits per heavy atom. The monoisotopic (exact) mass is 345 g/mol. The lowest BCUT2D eigenvalue weighted by molar-refractivity contribution is -0.118. The first kappa shape index (κ1) is 17.0.